The SMILES string of the molecule is CCCCCCCN(Cc1[nH]c2ccccc2c1C)C(=O)COc1ccc(C[C@H](OCC)C(=O)O)cc1. The van der Waals surface area contributed by atoms with Crippen LogP contribution >= 0.6 is 0 Å². The Hall–Kier alpha value is -3.32. The minimum atomic E-state index is -0.979. The zero-order valence-corrected chi connectivity index (χ0v) is 22.3. The summed E-state index contributed by atoms with van der Waals surface area (Å²) in [5.41, 5.74) is 4.14. The summed E-state index contributed by atoms with van der Waals surface area (Å²) in [5, 5.41) is 10.5. The van der Waals surface area contributed by atoms with Gasteiger partial charge < -0.3 is 24.5 Å². The Labute approximate surface area is 219 Å². The summed E-state index contributed by atoms with van der Waals surface area (Å²) in [6.45, 7) is 7.56. The number of carbonyl (C=O) groups excluding carboxylic acids is 1. The molecule has 200 valence electrons. The van der Waals surface area contributed by atoms with E-state index in [-0.39, 0.29) is 18.9 Å². The van der Waals surface area contributed by atoms with Crippen molar-refractivity contribution in [2.24, 2.45) is 0 Å². The largest absolute Gasteiger partial charge is 0.484 e. The number of aliphatic carboxylic acids is 1. The quantitative estimate of drug-likeness (QED) is 0.236. The molecule has 1 heterocycles. The van der Waals surface area contributed by atoms with E-state index in [1.165, 1.54) is 30.2 Å². The van der Waals surface area contributed by atoms with Gasteiger partial charge in [-0.05, 0) is 49.6 Å². The number of benzene rings is 2. The van der Waals surface area contributed by atoms with E-state index in [1.54, 1.807) is 19.1 Å². The van der Waals surface area contributed by atoms with Crippen molar-refractivity contribution in [2.75, 3.05) is 19.8 Å². The van der Waals surface area contributed by atoms with Crippen molar-refractivity contribution in [2.45, 2.75) is 71.9 Å². The summed E-state index contributed by atoms with van der Waals surface area (Å²) in [7, 11) is 0. The molecule has 37 heavy (non-hydrogen) atoms. The number of carboxylic acid groups (broad SMARTS) is 1. The predicted octanol–water partition coefficient (Wildman–Crippen LogP) is 5.89. The maximum Gasteiger partial charge on any atom is 0.333 e. The van der Waals surface area contributed by atoms with Crippen LogP contribution in [-0.2, 0) is 27.3 Å². The number of para-hydroxylation sites is 1. The van der Waals surface area contributed by atoms with E-state index in [0.717, 1.165) is 29.6 Å². The van der Waals surface area contributed by atoms with Gasteiger partial charge in [0.15, 0.2) is 12.7 Å². The minimum Gasteiger partial charge on any atom is -0.484 e. The number of nitrogens with zero attached hydrogens (tertiary/aromatic N) is 1. The second-order valence-corrected chi connectivity index (χ2v) is 9.42. The number of hydrogen-bond acceptors (Lipinski definition) is 4. The van der Waals surface area contributed by atoms with Crippen molar-refractivity contribution < 1.29 is 24.2 Å². The summed E-state index contributed by atoms with van der Waals surface area (Å²) in [6, 6.07) is 15.4. The first kappa shape index (κ1) is 28.3. The molecule has 0 saturated heterocycles. The third-order valence-corrected chi connectivity index (χ3v) is 6.65. The molecule has 7 heteroatoms. The Morgan fingerprint density at radius 3 is 2.41 bits per heavy atom. The number of carbonyl (C=O) groups is 2. The first-order valence-electron chi connectivity index (χ1n) is 13.3. The second-order valence-electron chi connectivity index (χ2n) is 9.42. The van der Waals surface area contributed by atoms with Gasteiger partial charge in [-0.3, -0.25) is 4.79 Å². The molecule has 0 saturated carbocycles. The number of aryl methyl sites for hydroxylation is 1. The molecule has 2 aromatic carbocycles. The lowest BCUT2D eigenvalue weighted by Gasteiger charge is -2.23. The van der Waals surface area contributed by atoms with Crippen LogP contribution in [0.25, 0.3) is 10.9 Å². The van der Waals surface area contributed by atoms with Gasteiger partial charge in [-0.1, -0.05) is 62.9 Å². The molecule has 0 bridgehead atoms. The number of ether oxygens (including phenoxy) is 2. The van der Waals surface area contributed by atoms with E-state index < -0.39 is 12.1 Å². The Bertz CT molecular complexity index is 1140. The molecule has 0 fully saturated rings. The van der Waals surface area contributed by atoms with Crippen LogP contribution in [0.1, 0.15) is 62.8 Å². The fourth-order valence-electron chi connectivity index (χ4n) is 4.48. The van der Waals surface area contributed by atoms with Gasteiger partial charge in [0, 0.05) is 36.2 Å². The summed E-state index contributed by atoms with van der Waals surface area (Å²) in [5.74, 6) is -0.460. The Morgan fingerprint density at radius 2 is 1.73 bits per heavy atom. The molecule has 0 radical (unpaired) electrons. The molecule has 0 aliphatic carbocycles. The van der Waals surface area contributed by atoms with Gasteiger partial charge in [0.2, 0.25) is 0 Å². The van der Waals surface area contributed by atoms with Crippen LogP contribution in [0.4, 0.5) is 0 Å². The summed E-state index contributed by atoms with van der Waals surface area (Å²) >= 11 is 0. The topological polar surface area (TPSA) is 91.9 Å². The molecule has 3 aromatic rings. The lowest BCUT2D eigenvalue weighted by Crippen LogP contribution is -2.35. The number of nitrogens with one attached hydrogen (secondary N) is 1. The van der Waals surface area contributed by atoms with E-state index in [0.29, 0.717) is 25.4 Å². The number of unbranched alkanes of at least 4 members (excludes halogenated alkanes) is 4. The maximum absolute atomic E-state index is 13.2. The van der Waals surface area contributed by atoms with Crippen LogP contribution < -0.4 is 4.74 Å². The Balaban J connectivity index is 1.62. The molecule has 1 atom stereocenters. The van der Waals surface area contributed by atoms with E-state index in [4.69, 9.17) is 9.47 Å². The lowest BCUT2D eigenvalue weighted by atomic mass is 10.1. The van der Waals surface area contributed by atoms with Crippen LogP contribution in [-0.4, -0.2) is 52.7 Å². The molecule has 1 amide bonds. The Morgan fingerprint density at radius 1 is 1.00 bits per heavy atom. The van der Waals surface area contributed by atoms with Gasteiger partial charge in [0.25, 0.3) is 5.91 Å². The van der Waals surface area contributed by atoms with Gasteiger partial charge in [-0.2, -0.15) is 0 Å². The van der Waals surface area contributed by atoms with E-state index in [9.17, 15) is 14.7 Å². The third kappa shape index (κ3) is 8.35. The predicted molar refractivity (Wildman–Crippen MR) is 146 cm³/mol. The highest BCUT2D eigenvalue weighted by Gasteiger charge is 2.19. The molecular formula is C30H40N2O5. The van der Waals surface area contributed by atoms with Gasteiger partial charge in [-0.15, -0.1) is 0 Å². The van der Waals surface area contributed by atoms with Crippen molar-refractivity contribution >= 4 is 22.8 Å². The van der Waals surface area contributed by atoms with Crippen molar-refractivity contribution in [3.05, 3.63) is 65.4 Å². The molecule has 0 aliphatic heterocycles. The number of aromatic amines is 1. The molecule has 2 N–H and O–H groups in total. The normalized spacial score (nSPS) is 12.0. The monoisotopic (exact) mass is 508 g/mol. The fourth-order valence-corrected chi connectivity index (χ4v) is 4.48. The standard InChI is InChI=1S/C30H40N2O5/c1-4-6-7-8-11-18-32(20-27-22(3)25-12-9-10-13-26(25)31-27)29(33)21-37-24-16-14-23(15-17-24)19-28(30(34)35)36-5-2/h9-10,12-17,28,31H,4-8,11,18-21H2,1-3H3,(H,34,35)/t28-/m0/s1. The number of amides is 1. The molecule has 0 unspecified atom stereocenters. The zero-order chi connectivity index (χ0) is 26.6. The third-order valence-electron chi connectivity index (χ3n) is 6.65. The van der Waals surface area contributed by atoms with E-state index in [2.05, 4.69) is 31.0 Å². The number of H-pyrrole nitrogens is 1. The highest BCUT2D eigenvalue weighted by atomic mass is 16.5. The van der Waals surface area contributed by atoms with Crippen molar-refractivity contribution in [3.8, 4) is 5.75 Å². The lowest BCUT2D eigenvalue weighted by molar-refractivity contribution is -0.150. The first-order chi connectivity index (χ1) is 17.9. The fraction of sp³-hybridized carbons (Fsp3) is 0.467. The van der Waals surface area contributed by atoms with Crippen LogP contribution in [0.2, 0.25) is 0 Å². The molecule has 0 aliphatic rings. The molecule has 7 nitrogen and oxygen atoms in total. The van der Waals surface area contributed by atoms with Crippen LogP contribution in [0.5, 0.6) is 5.75 Å². The van der Waals surface area contributed by atoms with Crippen molar-refractivity contribution in [1.82, 2.24) is 9.88 Å². The highest BCUT2D eigenvalue weighted by molar-refractivity contribution is 5.84. The number of aromatic nitrogens is 1. The number of carboxylic acids is 1. The van der Waals surface area contributed by atoms with Gasteiger partial charge >= 0.3 is 5.97 Å². The number of hydrogen-bond donors (Lipinski definition) is 2. The second kappa shape index (κ2) is 14.4. The van der Waals surface area contributed by atoms with E-state index in [1.807, 2.05) is 29.2 Å². The van der Waals surface area contributed by atoms with Crippen LogP contribution in [0.3, 0.4) is 0 Å². The smallest absolute Gasteiger partial charge is 0.333 e. The highest BCUT2D eigenvalue weighted by Crippen LogP contribution is 2.23. The van der Waals surface area contributed by atoms with Crippen molar-refractivity contribution in [3.63, 3.8) is 0 Å². The summed E-state index contributed by atoms with van der Waals surface area (Å²) < 4.78 is 11.1. The summed E-state index contributed by atoms with van der Waals surface area (Å²) in [6.07, 6.45) is 5.04. The molecular weight excluding hydrogens is 468 g/mol. The zero-order valence-electron chi connectivity index (χ0n) is 22.3. The minimum absolute atomic E-state index is 0.0513. The average molecular weight is 509 g/mol. The van der Waals surface area contributed by atoms with Gasteiger partial charge in [0.05, 0.1) is 6.54 Å². The van der Waals surface area contributed by atoms with Crippen molar-refractivity contribution in [1.29, 1.82) is 0 Å². The average Bonchev–Trinajstić information content (AvgIpc) is 3.22. The Kier molecular flexibility index (Phi) is 11.0. The van der Waals surface area contributed by atoms with Gasteiger partial charge in [0.1, 0.15) is 5.75 Å². The molecule has 1 aromatic heterocycles. The van der Waals surface area contributed by atoms with E-state index >= 15 is 0 Å². The summed E-state index contributed by atoms with van der Waals surface area (Å²) in [4.78, 5) is 29.9. The van der Waals surface area contributed by atoms with Gasteiger partial charge in [-0.25, -0.2) is 4.79 Å². The number of rotatable bonds is 16. The molecule has 0 spiro atoms. The molecule has 3 rings (SSSR count). The first-order valence-corrected chi connectivity index (χ1v) is 13.3. The number of fused-ring (bicyclic) bond motifs is 1. The maximum atomic E-state index is 13.2. The van der Waals surface area contributed by atoms with Crippen LogP contribution in [0.15, 0.2) is 48.5 Å². The van der Waals surface area contributed by atoms with Crippen LogP contribution in [0, 0.1) is 6.92 Å².